The molecule has 2 aromatic carbocycles. The van der Waals surface area contributed by atoms with Crippen molar-refractivity contribution in [1.29, 1.82) is 0 Å². The summed E-state index contributed by atoms with van der Waals surface area (Å²) < 4.78 is 29.6. The molecule has 0 aliphatic carbocycles. The lowest BCUT2D eigenvalue weighted by Crippen LogP contribution is -2.24. The van der Waals surface area contributed by atoms with E-state index in [0.29, 0.717) is 35.2 Å². The largest absolute Gasteiger partial charge is 0.493 e. The van der Waals surface area contributed by atoms with Crippen LogP contribution in [0.5, 0.6) is 11.5 Å². The molecule has 29 heavy (non-hydrogen) atoms. The zero-order valence-electron chi connectivity index (χ0n) is 15.7. The number of nitrogens with zero attached hydrogens (tertiary/aromatic N) is 3. The highest BCUT2D eigenvalue weighted by molar-refractivity contribution is 6.30. The summed E-state index contributed by atoms with van der Waals surface area (Å²) in [7, 11) is 3.09. The predicted molar refractivity (Wildman–Crippen MR) is 104 cm³/mol. The van der Waals surface area contributed by atoms with Crippen molar-refractivity contribution in [2.24, 2.45) is 0 Å². The Morgan fingerprint density at radius 3 is 2.69 bits per heavy atom. The number of hydrogen-bond acceptors (Lipinski definition) is 6. The van der Waals surface area contributed by atoms with Gasteiger partial charge in [-0.05, 0) is 30.3 Å². The first kappa shape index (κ1) is 19.2. The number of carbonyl (C=O) groups excluding carboxylic acids is 1. The summed E-state index contributed by atoms with van der Waals surface area (Å²) >= 11 is 5.71. The molecule has 2 heterocycles. The summed E-state index contributed by atoms with van der Waals surface area (Å²) in [6.07, 6.45) is 0.227. The van der Waals surface area contributed by atoms with E-state index in [4.69, 9.17) is 25.6 Å². The van der Waals surface area contributed by atoms with Crippen molar-refractivity contribution < 1.29 is 23.2 Å². The van der Waals surface area contributed by atoms with Crippen molar-refractivity contribution in [3.05, 3.63) is 53.1 Å². The number of benzene rings is 2. The van der Waals surface area contributed by atoms with Gasteiger partial charge in [0.05, 0.1) is 25.2 Å². The fourth-order valence-electron chi connectivity index (χ4n) is 3.27. The molecule has 1 amide bonds. The van der Waals surface area contributed by atoms with Gasteiger partial charge in [-0.1, -0.05) is 16.8 Å². The molecule has 7 nitrogen and oxygen atoms in total. The predicted octanol–water partition coefficient (Wildman–Crippen LogP) is 4.07. The van der Waals surface area contributed by atoms with Crippen LogP contribution in [0.3, 0.4) is 0 Å². The molecule has 150 valence electrons. The van der Waals surface area contributed by atoms with Crippen LogP contribution in [-0.2, 0) is 4.79 Å². The van der Waals surface area contributed by atoms with E-state index in [-0.39, 0.29) is 29.1 Å². The van der Waals surface area contributed by atoms with Gasteiger partial charge in [-0.2, -0.15) is 4.98 Å². The molecule has 0 spiro atoms. The van der Waals surface area contributed by atoms with Crippen LogP contribution in [-0.4, -0.2) is 36.8 Å². The minimum atomic E-state index is -0.564. The number of halogens is 2. The SMILES string of the molecule is COc1ccc(N2CC(c3nc(-c4ccc(Cl)c(F)c4)no3)CC2=O)cc1OC. The monoisotopic (exact) mass is 417 g/mol. The summed E-state index contributed by atoms with van der Waals surface area (Å²) in [6, 6.07) is 9.56. The lowest BCUT2D eigenvalue weighted by Gasteiger charge is -2.18. The minimum absolute atomic E-state index is 0.0180. The van der Waals surface area contributed by atoms with Gasteiger partial charge >= 0.3 is 0 Å². The van der Waals surface area contributed by atoms with E-state index in [0.717, 1.165) is 0 Å². The topological polar surface area (TPSA) is 77.7 Å². The number of methoxy groups -OCH3 is 2. The van der Waals surface area contributed by atoms with E-state index in [1.54, 1.807) is 36.3 Å². The fourth-order valence-corrected chi connectivity index (χ4v) is 3.39. The summed E-state index contributed by atoms with van der Waals surface area (Å²) in [5, 5.41) is 3.93. The van der Waals surface area contributed by atoms with Gasteiger partial charge in [-0.15, -0.1) is 0 Å². The van der Waals surface area contributed by atoms with Gasteiger partial charge in [0.25, 0.3) is 0 Å². The van der Waals surface area contributed by atoms with Gasteiger partial charge in [0.15, 0.2) is 11.5 Å². The molecular formula is C20H17ClFN3O4. The number of anilines is 1. The zero-order valence-corrected chi connectivity index (χ0v) is 16.4. The third-order valence-corrected chi connectivity index (χ3v) is 5.08. The Morgan fingerprint density at radius 2 is 1.97 bits per heavy atom. The Hall–Kier alpha value is -3.13. The van der Waals surface area contributed by atoms with E-state index in [2.05, 4.69) is 10.1 Å². The van der Waals surface area contributed by atoms with Crippen molar-refractivity contribution >= 4 is 23.2 Å². The first-order valence-corrected chi connectivity index (χ1v) is 9.19. The van der Waals surface area contributed by atoms with E-state index >= 15 is 0 Å². The highest BCUT2D eigenvalue weighted by atomic mass is 35.5. The quantitative estimate of drug-likeness (QED) is 0.622. The summed E-state index contributed by atoms with van der Waals surface area (Å²) in [6.45, 7) is 0.380. The maximum absolute atomic E-state index is 13.7. The molecule has 1 aliphatic rings. The number of carbonyl (C=O) groups is 1. The average Bonchev–Trinajstić information content (AvgIpc) is 3.36. The Balaban J connectivity index is 1.55. The van der Waals surface area contributed by atoms with Crippen LogP contribution in [0.4, 0.5) is 10.1 Å². The van der Waals surface area contributed by atoms with E-state index in [9.17, 15) is 9.18 Å². The third-order valence-electron chi connectivity index (χ3n) is 4.77. The van der Waals surface area contributed by atoms with Crippen molar-refractivity contribution in [1.82, 2.24) is 10.1 Å². The molecule has 1 unspecified atom stereocenters. The Bertz CT molecular complexity index is 1070. The Labute approximate surface area is 171 Å². The van der Waals surface area contributed by atoms with Crippen molar-refractivity contribution in [2.75, 3.05) is 25.7 Å². The molecule has 0 saturated carbocycles. The van der Waals surface area contributed by atoms with Gasteiger partial charge in [-0.3, -0.25) is 4.79 Å². The molecule has 0 radical (unpaired) electrons. The fraction of sp³-hybridized carbons (Fsp3) is 0.250. The van der Waals surface area contributed by atoms with Crippen molar-refractivity contribution in [3.8, 4) is 22.9 Å². The molecular weight excluding hydrogens is 401 g/mol. The second kappa shape index (κ2) is 7.71. The molecule has 1 atom stereocenters. The van der Waals surface area contributed by atoms with E-state index in [1.165, 1.54) is 19.2 Å². The first-order chi connectivity index (χ1) is 14.0. The maximum Gasteiger partial charge on any atom is 0.232 e. The molecule has 0 bridgehead atoms. The summed E-state index contributed by atoms with van der Waals surface area (Å²) in [5.74, 6) is 0.779. The second-order valence-electron chi connectivity index (χ2n) is 6.53. The van der Waals surface area contributed by atoms with Gasteiger partial charge < -0.3 is 18.9 Å². The molecule has 0 N–H and O–H groups in total. The van der Waals surface area contributed by atoms with Crippen LogP contribution in [0.2, 0.25) is 5.02 Å². The molecule has 1 aliphatic heterocycles. The average molecular weight is 418 g/mol. The van der Waals surface area contributed by atoms with Crippen molar-refractivity contribution in [3.63, 3.8) is 0 Å². The van der Waals surface area contributed by atoms with Crippen LogP contribution >= 0.6 is 11.6 Å². The highest BCUT2D eigenvalue weighted by Gasteiger charge is 2.35. The number of rotatable bonds is 5. The Kier molecular flexibility index (Phi) is 5.10. The molecule has 9 heteroatoms. The Morgan fingerprint density at radius 1 is 1.17 bits per heavy atom. The van der Waals surface area contributed by atoms with Gasteiger partial charge in [0, 0.05) is 30.3 Å². The number of amides is 1. The lowest BCUT2D eigenvalue weighted by atomic mass is 10.1. The lowest BCUT2D eigenvalue weighted by molar-refractivity contribution is -0.117. The van der Waals surface area contributed by atoms with E-state index in [1.807, 2.05) is 0 Å². The van der Waals surface area contributed by atoms with Gasteiger partial charge in [0.2, 0.25) is 17.6 Å². The second-order valence-corrected chi connectivity index (χ2v) is 6.94. The summed E-state index contributed by atoms with van der Waals surface area (Å²) in [5.41, 5.74) is 1.14. The number of aromatic nitrogens is 2. The highest BCUT2D eigenvalue weighted by Crippen LogP contribution is 2.36. The van der Waals surface area contributed by atoms with Crippen LogP contribution in [0.15, 0.2) is 40.9 Å². The van der Waals surface area contributed by atoms with Gasteiger partial charge in [-0.25, -0.2) is 4.39 Å². The first-order valence-electron chi connectivity index (χ1n) is 8.81. The third kappa shape index (κ3) is 3.63. The van der Waals surface area contributed by atoms with Crippen LogP contribution < -0.4 is 14.4 Å². The normalized spacial score (nSPS) is 16.3. The smallest absolute Gasteiger partial charge is 0.232 e. The number of hydrogen-bond donors (Lipinski definition) is 0. The number of ether oxygens (including phenoxy) is 2. The summed E-state index contributed by atoms with van der Waals surface area (Å²) in [4.78, 5) is 18.6. The van der Waals surface area contributed by atoms with Crippen LogP contribution in [0.1, 0.15) is 18.2 Å². The maximum atomic E-state index is 13.7. The van der Waals surface area contributed by atoms with Crippen LogP contribution in [0, 0.1) is 5.82 Å². The molecule has 1 fully saturated rings. The van der Waals surface area contributed by atoms with Crippen molar-refractivity contribution in [2.45, 2.75) is 12.3 Å². The standard InChI is InChI=1S/C20H17ClFN3O4/c1-27-16-6-4-13(9-17(16)28-2)25-10-12(8-18(25)26)20-23-19(24-29-20)11-3-5-14(21)15(22)7-11/h3-7,9,12H,8,10H2,1-2H3. The molecule has 3 aromatic rings. The van der Waals surface area contributed by atoms with E-state index < -0.39 is 5.82 Å². The molecule has 1 saturated heterocycles. The molecule has 1 aromatic heterocycles. The minimum Gasteiger partial charge on any atom is -0.493 e. The zero-order chi connectivity index (χ0) is 20.5. The van der Waals surface area contributed by atoms with Crippen LogP contribution in [0.25, 0.3) is 11.4 Å². The van der Waals surface area contributed by atoms with Gasteiger partial charge in [0.1, 0.15) is 5.82 Å². The molecule has 4 rings (SSSR count).